The molecule has 4 saturated carbocycles. The van der Waals surface area contributed by atoms with Crippen LogP contribution in [-0.2, 0) is 21.7 Å². The lowest BCUT2D eigenvalue weighted by Crippen LogP contribution is -2.55. The van der Waals surface area contributed by atoms with Gasteiger partial charge in [0, 0.05) is 24.2 Å². The van der Waals surface area contributed by atoms with Crippen molar-refractivity contribution in [2.45, 2.75) is 259 Å². The van der Waals surface area contributed by atoms with Crippen LogP contribution < -0.4 is 17.7 Å². The second kappa shape index (κ2) is 15.3. The van der Waals surface area contributed by atoms with Gasteiger partial charge in [-0.2, -0.15) is 0 Å². The van der Waals surface area contributed by atoms with Gasteiger partial charge in [0.2, 0.25) is 0 Å². The van der Waals surface area contributed by atoms with E-state index in [-0.39, 0.29) is 43.3 Å². The summed E-state index contributed by atoms with van der Waals surface area (Å²) in [5.74, 6) is 4.25. The highest BCUT2D eigenvalue weighted by Gasteiger charge is 2.60. The second-order valence-electron chi connectivity index (χ2n) is 28.0. The Bertz CT molecular complexity index is 1730. The van der Waals surface area contributed by atoms with Crippen LogP contribution in [0.3, 0.4) is 0 Å². The molecule has 0 unspecified atom stereocenters. The summed E-state index contributed by atoms with van der Waals surface area (Å²) >= 11 is 0. The van der Waals surface area contributed by atoms with Crippen molar-refractivity contribution in [3.63, 3.8) is 0 Å². The summed E-state index contributed by atoms with van der Waals surface area (Å²) < 4.78 is 33.6. The highest BCUT2D eigenvalue weighted by Crippen LogP contribution is 2.65. The minimum absolute atomic E-state index is 0.186. The molecule has 0 amide bonds. The van der Waals surface area contributed by atoms with Crippen LogP contribution in [0.2, 0.25) is 24.2 Å². The number of hydrogen-bond acceptors (Lipinski definition) is 4. The molecule has 8 rings (SSSR count). The van der Waals surface area contributed by atoms with Gasteiger partial charge in [0.15, 0.2) is 0 Å². The fourth-order valence-corrected chi connectivity index (χ4v) is 23.7. The molecule has 0 N–H and O–H groups in total. The van der Waals surface area contributed by atoms with E-state index in [0.717, 1.165) is 58.3 Å². The molecule has 6 heteroatoms. The van der Waals surface area contributed by atoms with Gasteiger partial charge in [-0.15, -0.1) is 0 Å². The van der Waals surface area contributed by atoms with E-state index < -0.39 is 17.1 Å². The quantitative estimate of drug-likeness (QED) is 0.248. The molecular weight excluding hydrogens is 793 g/mol. The molecule has 0 radical (unpaired) electrons. The molecule has 2 aromatic carbocycles. The standard InChI is InChI=1S/C56H90O4Si2/c1-49(2,3)39-33-40(50(4,5)6)46-43-44-47(59-61(57-45(39)43,35-53(13)25-17-18-26-53)36-54(14)27-19-20-28-54)41(51(7,8)9)34-42(52(10,11)12)48(44)60-62(58-46,37-55(15)29-21-22-30-55)38-56(16)31-23-24-32-56/h33-34H,17-32,35-38H2,1-16H3. The minimum Gasteiger partial charge on any atom is -0.511 e. The molecule has 2 aliphatic heterocycles. The Hall–Kier alpha value is -1.93. The van der Waals surface area contributed by atoms with Crippen LogP contribution in [0, 0.1) is 21.7 Å². The van der Waals surface area contributed by atoms with Gasteiger partial charge in [0.05, 0.1) is 11.1 Å². The third kappa shape index (κ3) is 8.87. The molecular formula is C56H90O4Si2. The van der Waals surface area contributed by atoms with Crippen LogP contribution in [0.1, 0.15) is 236 Å². The largest absolute Gasteiger partial charge is 0.511 e. The Morgan fingerprint density at radius 3 is 0.694 bits per heavy atom. The monoisotopic (exact) mass is 883 g/mol. The van der Waals surface area contributed by atoms with E-state index in [1.165, 1.54) is 125 Å². The first-order chi connectivity index (χ1) is 28.5. The normalized spacial score (nSPS) is 24.3. The third-order valence-electron chi connectivity index (χ3n) is 17.1. The molecule has 4 nitrogen and oxygen atoms in total. The van der Waals surface area contributed by atoms with Crippen molar-refractivity contribution in [1.82, 2.24) is 0 Å². The predicted octanol–water partition coefficient (Wildman–Crippen LogP) is 17.3. The van der Waals surface area contributed by atoms with Crippen LogP contribution in [0.4, 0.5) is 0 Å². The summed E-state index contributed by atoms with van der Waals surface area (Å²) in [7, 11) is -6.22. The molecule has 62 heavy (non-hydrogen) atoms. The van der Waals surface area contributed by atoms with Crippen molar-refractivity contribution in [1.29, 1.82) is 0 Å². The lowest BCUT2D eigenvalue weighted by molar-refractivity contribution is 0.265. The molecule has 0 spiro atoms. The Morgan fingerprint density at radius 1 is 0.355 bits per heavy atom. The van der Waals surface area contributed by atoms with Crippen molar-refractivity contribution in [3.8, 4) is 34.1 Å². The molecule has 2 heterocycles. The van der Waals surface area contributed by atoms with Crippen LogP contribution in [0.25, 0.3) is 11.1 Å². The molecule has 6 aliphatic rings. The van der Waals surface area contributed by atoms with Crippen LogP contribution in [0.15, 0.2) is 12.1 Å². The molecule has 0 saturated heterocycles. The van der Waals surface area contributed by atoms with E-state index in [2.05, 4.69) is 123 Å². The van der Waals surface area contributed by atoms with Crippen LogP contribution >= 0.6 is 0 Å². The summed E-state index contributed by atoms with van der Waals surface area (Å²) in [6.07, 6.45) is 20.4. The maximum atomic E-state index is 8.40. The van der Waals surface area contributed by atoms with Gasteiger partial charge in [-0.05, 0) is 129 Å². The maximum Gasteiger partial charge on any atom is 0.461 e. The highest BCUT2D eigenvalue weighted by molar-refractivity contribution is 6.70. The van der Waals surface area contributed by atoms with Crippen LogP contribution in [-0.4, -0.2) is 17.1 Å². The number of benzene rings is 2. The summed E-state index contributed by atoms with van der Waals surface area (Å²) in [4.78, 5) is 0. The summed E-state index contributed by atoms with van der Waals surface area (Å²) in [5, 5.41) is 0. The third-order valence-corrected chi connectivity index (χ3v) is 25.0. The van der Waals surface area contributed by atoms with Gasteiger partial charge in [0.1, 0.15) is 23.0 Å². The Labute approximate surface area is 382 Å². The van der Waals surface area contributed by atoms with Gasteiger partial charge >= 0.3 is 17.1 Å². The average molecular weight is 884 g/mol. The first-order valence-corrected chi connectivity index (χ1v) is 30.2. The first kappa shape index (κ1) is 46.6. The molecule has 0 bridgehead atoms. The van der Waals surface area contributed by atoms with Crippen molar-refractivity contribution < 1.29 is 17.7 Å². The average Bonchev–Trinajstić information content (AvgIpc) is 3.90. The Morgan fingerprint density at radius 2 is 0.532 bits per heavy atom. The minimum atomic E-state index is -3.11. The lowest BCUT2D eigenvalue weighted by Gasteiger charge is -2.44. The molecule has 2 aromatic rings. The zero-order valence-electron chi connectivity index (χ0n) is 42.9. The maximum absolute atomic E-state index is 8.40. The van der Waals surface area contributed by atoms with Gasteiger partial charge in [-0.3, -0.25) is 0 Å². The lowest BCUT2D eigenvalue weighted by atomic mass is 9.74. The molecule has 0 atom stereocenters. The smallest absolute Gasteiger partial charge is 0.461 e. The molecule has 4 aliphatic carbocycles. The summed E-state index contributed by atoms with van der Waals surface area (Å²) in [6, 6.07) is 9.20. The van der Waals surface area contributed by atoms with E-state index in [9.17, 15) is 0 Å². The van der Waals surface area contributed by atoms with E-state index >= 15 is 0 Å². The van der Waals surface area contributed by atoms with E-state index in [1.54, 1.807) is 0 Å². The van der Waals surface area contributed by atoms with Crippen molar-refractivity contribution >= 4 is 17.1 Å². The van der Waals surface area contributed by atoms with Gasteiger partial charge in [0.25, 0.3) is 0 Å². The van der Waals surface area contributed by atoms with Gasteiger partial charge in [-0.25, -0.2) is 0 Å². The Balaban J connectivity index is 1.55. The van der Waals surface area contributed by atoms with Crippen molar-refractivity contribution in [2.75, 3.05) is 0 Å². The zero-order chi connectivity index (χ0) is 45.2. The number of rotatable bonds is 8. The van der Waals surface area contributed by atoms with Gasteiger partial charge < -0.3 is 17.7 Å². The highest BCUT2D eigenvalue weighted by atomic mass is 28.4. The Kier molecular flexibility index (Phi) is 11.5. The van der Waals surface area contributed by atoms with E-state index in [4.69, 9.17) is 17.7 Å². The van der Waals surface area contributed by atoms with Crippen LogP contribution in [0.5, 0.6) is 23.0 Å². The first-order valence-electron chi connectivity index (χ1n) is 25.7. The van der Waals surface area contributed by atoms with Gasteiger partial charge in [-0.1, -0.05) is 162 Å². The SMILES string of the molecule is CC1(C[Si]2(CC3(C)CCCC3)Oc3c(C(C)(C)C)cc(C(C)(C)C)c4c3-c3c(c(C(C)(C)C)cc(C(C)(C)C)c3O[Si](CC3(C)CCCC3)(CC3(C)CCCC3)O4)O2)CCCC1. The zero-order valence-corrected chi connectivity index (χ0v) is 44.9. The summed E-state index contributed by atoms with van der Waals surface area (Å²) in [6.45, 7) is 39.2. The molecule has 346 valence electrons. The molecule has 0 aromatic heterocycles. The number of hydrogen-bond donors (Lipinski definition) is 0. The second-order valence-corrected chi connectivity index (χ2v) is 33.9. The fourth-order valence-electron chi connectivity index (χ4n) is 13.8. The van der Waals surface area contributed by atoms with Crippen molar-refractivity contribution in [2.24, 2.45) is 21.7 Å². The predicted molar refractivity (Wildman–Crippen MR) is 266 cm³/mol. The van der Waals surface area contributed by atoms with E-state index in [1.807, 2.05) is 0 Å². The summed E-state index contributed by atoms with van der Waals surface area (Å²) in [5.41, 5.74) is 7.55. The fraction of sp³-hybridized carbons (Fsp3) is 0.786. The topological polar surface area (TPSA) is 36.9 Å². The van der Waals surface area contributed by atoms with E-state index in [0.29, 0.717) is 0 Å². The molecule has 4 fully saturated rings. The van der Waals surface area contributed by atoms with Crippen molar-refractivity contribution in [3.05, 3.63) is 34.4 Å².